The van der Waals surface area contributed by atoms with Gasteiger partial charge in [0, 0.05) is 18.2 Å². The molecule has 6 nitrogen and oxygen atoms in total. The Morgan fingerprint density at radius 2 is 1.91 bits per heavy atom. The molecule has 0 spiro atoms. The third-order valence-corrected chi connectivity index (χ3v) is 3.12. The Kier molecular flexibility index (Phi) is 4.45. The number of aromatic nitrogens is 2. The van der Waals surface area contributed by atoms with E-state index in [0.717, 1.165) is 11.1 Å². The van der Waals surface area contributed by atoms with E-state index in [-0.39, 0.29) is 17.8 Å². The second kappa shape index (κ2) is 6.47. The smallest absolute Gasteiger partial charge is 0.268 e. The molecule has 0 saturated carbocycles. The highest BCUT2D eigenvalue weighted by Gasteiger charge is 2.05. The maximum absolute atomic E-state index is 11.6. The van der Waals surface area contributed by atoms with Crippen molar-refractivity contribution in [1.82, 2.24) is 9.78 Å². The molecule has 0 aliphatic heterocycles. The number of rotatable bonds is 3. The summed E-state index contributed by atoms with van der Waals surface area (Å²) in [7, 11) is 1.62. The van der Waals surface area contributed by atoms with Gasteiger partial charge in [-0.2, -0.15) is 15.6 Å². The summed E-state index contributed by atoms with van der Waals surface area (Å²) >= 11 is 0. The predicted molar refractivity (Wildman–Crippen MR) is 82.0 cm³/mol. The van der Waals surface area contributed by atoms with Crippen molar-refractivity contribution in [1.29, 1.82) is 10.5 Å². The van der Waals surface area contributed by atoms with Gasteiger partial charge in [0.1, 0.15) is 12.1 Å². The van der Waals surface area contributed by atoms with Crippen LogP contribution < -0.4 is 5.56 Å². The Morgan fingerprint density at radius 1 is 1.27 bits per heavy atom. The van der Waals surface area contributed by atoms with Crippen LogP contribution >= 0.6 is 0 Å². The SMILES string of the molecule is Cc1cc(-c2ccc(CN=C(C#N)C#N)cc2)nn(C)c1=O. The van der Waals surface area contributed by atoms with Crippen molar-refractivity contribution < 1.29 is 0 Å². The van der Waals surface area contributed by atoms with E-state index in [1.165, 1.54) is 4.68 Å². The molecule has 0 aliphatic rings. The summed E-state index contributed by atoms with van der Waals surface area (Å²) < 4.78 is 1.31. The largest absolute Gasteiger partial charge is 0.269 e. The molecule has 0 saturated heterocycles. The number of hydrogen-bond acceptors (Lipinski definition) is 5. The topological polar surface area (TPSA) is 94.8 Å². The van der Waals surface area contributed by atoms with Crippen molar-refractivity contribution in [2.24, 2.45) is 12.0 Å². The zero-order valence-corrected chi connectivity index (χ0v) is 12.2. The van der Waals surface area contributed by atoms with E-state index in [1.807, 2.05) is 24.3 Å². The van der Waals surface area contributed by atoms with Crippen LogP contribution in [0, 0.1) is 29.6 Å². The van der Waals surface area contributed by atoms with Crippen LogP contribution in [0.4, 0.5) is 0 Å². The molecule has 0 fully saturated rings. The second-order valence-electron chi connectivity index (χ2n) is 4.73. The molecule has 0 bridgehead atoms. The van der Waals surface area contributed by atoms with Gasteiger partial charge in [-0.1, -0.05) is 24.3 Å². The van der Waals surface area contributed by atoms with Crippen LogP contribution in [0.25, 0.3) is 11.3 Å². The van der Waals surface area contributed by atoms with Gasteiger partial charge < -0.3 is 0 Å². The second-order valence-corrected chi connectivity index (χ2v) is 4.73. The lowest BCUT2D eigenvalue weighted by Gasteiger charge is -2.05. The molecule has 2 aromatic rings. The summed E-state index contributed by atoms with van der Waals surface area (Å²) in [5.74, 6) is 0. The fraction of sp³-hybridized carbons (Fsp3) is 0.188. The van der Waals surface area contributed by atoms with E-state index < -0.39 is 0 Å². The maximum atomic E-state index is 11.6. The lowest BCUT2D eigenvalue weighted by atomic mass is 10.1. The molecule has 0 N–H and O–H groups in total. The van der Waals surface area contributed by atoms with E-state index in [0.29, 0.717) is 11.3 Å². The Hall–Kier alpha value is -3.25. The minimum Gasteiger partial charge on any atom is -0.268 e. The highest BCUT2D eigenvalue weighted by Crippen LogP contribution is 2.17. The summed E-state index contributed by atoms with van der Waals surface area (Å²) in [5, 5.41) is 21.5. The first-order valence-corrected chi connectivity index (χ1v) is 6.54. The molecule has 0 unspecified atom stereocenters. The Labute approximate surface area is 127 Å². The molecular formula is C16H13N5O. The first-order chi connectivity index (χ1) is 10.5. The van der Waals surface area contributed by atoms with Crippen molar-refractivity contribution in [3.63, 3.8) is 0 Å². The minimum absolute atomic E-state index is 0.116. The molecule has 0 radical (unpaired) electrons. The van der Waals surface area contributed by atoms with Crippen molar-refractivity contribution in [2.45, 2.75) is 13.5 Å². The molecule has 1 aromatic carbocycles. The van der Waals surface area contributed by atoms with Crippen LogP contribution in [0.2, 0.25) is 0 Å². The maximum Gasteiger partial charge on any atom is 0.269 e. The molecule has 0 atom stereocenters. The molecule has 1 heterocycles. The molecule has 1 aromatic heterocycles. The van der Waals surface area contributed by atoms with Gasteiger partial charge in [-0.25, -0.2) is 4.68 Å². The Morgan fingerprint density at radius 3 is 2.45 bits per heavy atom. The van der Waals surface area contributed by atoms with Crippen LogP contribution in [-0.4, -0.2) is 15.5 Å². The van der Waals surface area contributed by atoms with Crippen LogP contribution in [-0.2, 0) is 13.6 Å². The number of benzene rings is 1. The first kappa shape index (κ1) is 15.1. The number of aryl methyl sites for hydroxylation is 2. The summed E-state index contributed by atoms with van der Waals surface area (Å²) in [6.07, 6.45) is 0. The number of nitriles is 2. The van der Waals surface area contributed by atoms with E-state index in [9.17, 15) is 4.79 Å². The number of aliphatic imine (C=N–C) groups is 1. The van der Waals surface area contributed by atoms with Crippen LogP contribution in [0.1, 0.15) is 11.1 Å². The fourth-order valence-corrected chi connectivity index (χ4v) is 1.95. The highest BCUT2D eigenvalue weighted by molar-refractivity contribution is 6.10. The van der Waals surface area contributed by atoms with Gasteiger partial charge in [0.25, 0.3) is 5.56 Å². The van der Waals surface area contributed by atoms with Crippen LogP contribution in [0.5, 0.6) is 0 Å². The Bertz CT molecular complexity index is 821. The third-order valence-electron chi connectivity index (χ3n) is 3.12. The molecular weight excluding hydrogens is 278 g/mol. The van der Waals surface area contributed by atoms with E-state index in [2.05, 4.69) is 10.1 Å². The lowest BCUT2D eigenvalue weighted by Crippen LogP contribution is -2.21. The fourth-order valence-electron chi connectivity index (χ4n) is 1.95. The van der Waals surface area contributed by atoms with Gasteiger partial charge in [-0.15, -0.1) is 0 Å². The highest BCUT2D eigenvalue weighted by atomic mass is 16.1. The zero-order valence-electron chi connectivity index (χ0n) is 12.2. The normalized spacial score (nSPS) is 9.64. The van der Waals surface area contributed by atoms with Gasteiger partial charge >= 0.3 is 0 Å². The predicted octanol–water partition coefficient (Wildman–Crippen LogP) is 1.74. The minimum atomic E-state index is -0.139. The van der Waals surface area contributed by atoms with Crippen LogP contribution in [0.3, 0.4) is 0 Å². The Balaban J connectivity index is 2.27. The summed E-state index contributed by atoms with van der Waals surface area (Å²) in [5.41, 5.74) is 2.86. The third kappa shape index (κ3) is 3.25. The standard InChI is InChI=1S/C16H13N5O/c1-11-7-15(20-21(2)16(11)22)13-5-3-12(4-6-13)10-19-14(8-17)9-18/h3-7H,10H2,1-2H3. The number of nitrogens with zero attached hydrogens (tertiary/aromatic N) is 5. The molecule has 0 aliphatic carbocycles. The quantitative estimate of drug-likeness (QED) is 0.805. The van der Waals surface area contributed by atoms with E-state index in [1.54, 1.807) is 32.2 Å². The summed E-state index contributed by atoms with van der Waals surface area (Å²) in [6, 6.07) is 12.6. The van der Waals surface area contributed by atoms with Crippen LogP contribution in [0.15, 0.2) is 40.1 Å². The van der Waals surface area contributed by atoms with Gasteiger partial charge in [-0.05, 0) is 18.6 Å². The van der Waals surface area contributed by atoms with Gasteiger partial charge in [-0.3, -0.25) is 9.79 Å². The molecule has 22 heavy (non-hydrogen) atoms. The van der Waals surface area contributed by atoms with Crippen molar-refractivity contribution >= 4 is 5.71 Å². The van der Waals surface area contributed by atoms with Gasteiger partial charge in [0.05, 0.1) is 12.2 Å². The van der Waals surface area contributed by atoms with Crippen molar-refractivity contribution in [2.75, 3.05) is 0 Å². The van der Waals surface area contributed by atoms with Gasteiger partial charge in [0.15, 0.2) is 0 Å². The van der Waals surface area contributed by atoms with E-state index in [4.69, 9.17) is 10.5 Å². The average molecular weight is 291 g/mol. The van der Waals surface area contributed by atoms with Crippen molar-refractivity contribution in [3.05, 3.63) is 51.8 Å². The number of hydrogen-bond donors (Lipinski definition) is 0. The van der Waals surface area contributed by atoms with Gasteiger partial charge in [0.2, 0.25) is 5.71 Å². The lowest BCUT2D eigenvalue weighted by molar-refractivity contribution is 0.705. The molecule has 0 amide bonds. The van der Waals surface area contributed by atoms with E-state index >= 15 is 0 Å². The zero-order chi connectivity index (χ0) is 16.1. The monoisotopic (exact) mass is 291 g/mol. The van der Waals surface area contributed by atoms with Crippen molar-refractivity contribution in [3.8, 4) is 23.4 Å². The summed E-state index contributed by atoms with van der Waals surface area (Å²) in [4.78, 5) is 15.6. The summed E-state index contributed by atoms with van der Waals surface area (Å²) in [6.45, 7) is 2.03. The first-order valence-electron chi connectivity index (χ1n) is 6.54. The molecule has 6 heteroatoms. The molecule has 108 valence electrons. The molecule has 2 rings (SSSR count). The average Bonchev–Trinajstić information content (AvgIpc) is 2.53.